The van der Waals surface area contributed by atoms with Gasteiger partial charge in [-0.2, -0.15) is 0 Å². The number of hydrogen-bond acceptors (Lipinski definition) is 3. The van der Waals surface area contributed by atoms with Crippen molar-refractivity contribution >= 4 is 60.1 Å². The highest BCUT2D eigenvalue weighted by Gasteiger charge is 2.14. The van der Waals surface area contributed by atoms with Gasteiger partial charge in [-0.1, -0.05) is 48.6 Å². The zero-order valence-corrected chi connectivity index (χ0v) is 17.1. The second kappa shape index (κ2) is 6.69. The second-order valence-electron chi connectivity index (χ2n) is 6.84. The molecule has 0 bridgehead atoms. The summed E-state index contributed by atoms with van der Waals surface area (Å²) in [6.45, 7) is 4.10. The summed E-state index contributed by atoms with van der Waals surface area (Å²) in [5, 5.41) is 3.82. The molecule has 4 heteroatoms. The van der Waals surface area contributed by atoms with Gasteiger partial charge in [-0.25, -0.2) is 9.97 Å². The van der Waals surface area contributed by atoms with Crippen LogP contribution >= 0.6 is 22.9 Å². The quantitative estimate of drug-likeness (QED) is 0.284. The zero-order chi connectivity index (χ0) is 19.3. The molecule has 5 aromatic rings. The summed E-state index contributed by atoms with van der Waals surface area (Å²) in [4.78, 5) is 9.16. The van der Waals surface area contributed by atoms with Crippen LogP contribution in [-0.4, -0.2) is 9.97 Å². The van der Waals surface area contributed by atoms with Gasteiger partial charge in [0.1, 0.15) is 0 Å². The maximum atomic E-state index is 6.35. The number of benzene rings is 3. The standard InChI is InChI=1S/C24H17ClN2S/c1-3-6-16-14(2)9-11-18-22(26-24(25)27-23(16)18)15-10-12-21-19(13-15)17-7-4-5-8-20(17)28-21/h3-13H,1-2H3/b6-3-. The largest absolute Gasteiger partial charge is 0.223 e. The molecule has 3 aromatic carbocycles. The normalized spacial score (nSPS) is 12.0. The lowest BCUT2D eigenvalue weighted by atomic mass is 9.99. The maximum absolute atomic E-state index is 6.35. The zero-order valence-electron chi connectivity index (χ0n) is 15.5. The number of thiophene rings is 1. The summed E-state index contributed by atoms with van der Waals surface area (Å²) in [5.74, 6) is 0. The third-order valence-corrected chi connectivity index (χ3v) is 6.40. The van der Waals surface area contributed by atoms with Gasteiger partial charge in [0.05, 0.1) is 11.2 Å². The van der Waals surface area contributed by atoms with E-state index >= 15 is 0 Å². The molecule has 2 nitrogen and oxygen atoms in total. The van der Waals surface area contributed by atoms with E-state index < -0.39 is 0 Å². The molecule has 0 amide bonds. The molecule has 136 valence electrons. The minimum atomic E-state index is 0.272. The Morgan fingerprint density at radius 2 is 1.71 bits per heavy atom. The lowest BCUT2D eigenvalue weighted by molar-refractivity contribution is 1.22. The molecule has 0 N–H and O–H groups in total. The smallest absolute Gasteiger partial charge is 0.217 e. The molecule has 0 aliphatic rings. The highest BCUT2D eigenvalue weighted by Crippen LogP contribution is 2.38. The summed E-state index contributed by atoms with van der Waals surface area (Å²) < 4.78 is 2.58. The molecule has 0 saturated heterocycles. The van der Waals surface area contributed by atoms with Crippen LogP contribution in [0.25, 0.3) is 48.4 Å². The van der Waals surface area contributed by atoms with E-state index in [1.165, 1.54) is 25.7 Å². The van der Waals surface area contributed by atoms with E-state index in [9.17, 15) is 0 Å². The number of allylic oxidation sites excluding steroid dienone is 1. The van der Waals surface area contributed by atoms with Crippen molar-refractivity contribution in [2.24, 2.45) is 0 Å². The van der Waals surface area contributed by atoms with Crippen molar-refractivity contribution in [2.75, 3.05) is 0 Å². The second-order valence-corrected chi connectivity index (χ2v) is 8.26. The Morgan fingerprint density at radius 1 is 0.893 bits per heavy atom. The number of hydrogen-bond donors (Lipinski definition) is 0. The van der Waals surface area contributed by atoms with Crippen LogP contribution < -0.4 is 0 Å². The molecule has 0 radical (unpaired) electrons. The van der Waals surface area contributed by atoms with Gasteiger partial charge in [0.2, 0.25) is 5.28 Å². The van der Waals surface area contributed by atoms with Crippen molar-refractivity contribution < 1.29 is 0 Å². The minimum absolute atomic E-state index is 0.272. The average Bonchev–Trinajstić information content (AvgIpc) is 3.07. The topological polar surface area (TPSA) is 25.8 Å². The first kappa shape index (κ1) is 17.4. The molecular weight excluding hydrogens is 384 g/mol. The molecule has 2 aromatic heterocycles. The van der Waals surface area contributed by atoms with Crippen molar-refractivity contribution in [1.82, 2.24) is 9.97 Å². The molecule has 5 rings (SSSR count). The molecular formula is C24H17ClN2S. The first-order valence-corrected chi connectivity index (χ1v) is 10.4. The highest BCUT2D eigenvalue weighted by molar-refractivity contribution is 7.25. The van der Waals surface area contributed by atoms with Crippen LogP contribution in [0.2, 0.25) is 5.28 Å². The van der Waals surface area contributed by atoms with Crippen molar-refractivity contribution in [3.8, 4) is 11.3 Å². The molecule has 0 aliphatic heterocycles. The molecule has 0 atom stereocenters. The first-order valence-electron chi connectivity index (χ1n) is 9.17. The number of aryl methyl sites for hydroxylation is 1. The SMILES string of the molecule is C/C=C\c1c(C)ccc2c(-c3ccc4sc5ccccc5c4c3)nc(Cl)nc12. The van der Waals surface area contributed by atoms with E-state index in [-0.39, 0.29) is 5.28 Å². The lowest BCUT2D eigenvalue weighted by Gasteiger charge is -2.11. The van der Waals surface area contributed by atoms with Gasteiger partial charge >= 0.3 is 0 Å². The van der Waals surface area contributed by atoms with Crippen LogP contribution in [0.4, 0.5) is 0 Å². The number of rotatable bonds is 2. The van der Waals surface area contributed by atoms with Gasteiger partial charge in [0, 0.05) is 36.7 Å². The number of aromatic nitrogens is 2. The number of nitrogens with zero attached hydrogens (tertiary/aromatic N) is 2. The Bertz CT molecular complexity index is 1400. The van der Waals surface area contributed by atoms with Crippen LogP contribution in [0, 0.1) is 6.92 Å². The Hall–Kier alpha value is -2.75. The number of fused-ring (bicyclic) bond motifs is 4. The minimum Gasteiger partial charge on any atom is -0.217 e. The van der Waals surface area contributed by atoms with Crippen LogP contribution in [-0.2, 0) is 0 Å². The highest BCUT2D eigenvalue weighted by atomic mass is 35.5. The third kappa shape index (κ3) is 2.70. The fourth-order valence-electron chi connectivity index (χ4n) is 3.76. The monoisotopic (exact) mass is 400 g/mol. The van der Waals surface area contributed by atoms with Gasteiger partial charge in [-0.15, -0.1) is 11.3 Å². The van der Waals surface area contributed by atoms with Crippen molar-refractivity contribution in [3.05, 3.63) is 77.1 Å². The van der Waals surface area contributed by atoms with E-state index in [4.69, 9.17) is 11.6 Å². The summed E-state index contributed by atoms with van der Waals surface area (Å²) in [6, 6.07) is 19.3. The summed E-state index contributed by atoms with van der Waals surface area (Å²) >= 11 is 8.16. The van der Waals surface area contributed by atoms with Crippen LogP contribution in [0.1, 0.15) is 18.1 Å². The van der Waals surface area contributed by atoms with E-state index in [0.717, 1.165) is 27.7 Å². The van der Waals surface area contributed by atoms with Gasteiger partial charge in [-0.3, -0.25) is 0 Å². The molecule has 0 aliphatic carbocycles. The van der Waals surface area contributed by atoms with Crippen LogP contribution in [0.3, 0.4) is 0 Å². The summed E-state index contributed by atoms with van der Waals surface area (Å²) in [6.07, 6.45) is 4.11. The predicted octanol–water partition coefficient (Wildman–Crippen LogP) is 7.66. The number of halogens is 1. The molecule has 0 fully saturated rings. The molecule has 0 spiro atoms. The van der Waals surface area contributed by atoms with Crippen molar-refractivity contribution in [1.29, 1.82) is 0 Å². The Morgan fingerprint density at radius 3 is 2.57 bits per heavy atom. The average molecular weight is 401 g/mol. The van der Waals surface area contributed by atoms with Gasteiger partial charge < -0.3 is 0 Å². The fraction of sp³-hybridized carbons (Fsp3) is 0.0833. The van der Waals surface area contributed by atoms with Gasteiger partial charge in [0.15, 0.2) is 0 Å². The van der Waals surface area contributed by atoms with Crippen LogP contribution in [0.15, 0.2) is 60.7 Å². The third-order valence-electron chi connectivity index (χ3n) is 5.08. The fourth-order valence-corrected chi connectivity index (χ4v) is 5.02. The molecule has 0 unspecified atom stereocenters. The Balaban J connectivity index is 1.83. The van der Waals surface area contributed by atoms with Crippen LogP contribution in [0.5, 0.6) is 0 Å². The lowest BCUT2D eigenvalue weighted by Crippen LogP contribution is -1.95. The molecule has 0 saturated carbocycles. The van der Waals surface area contributed by atoms with E-state index in [1.54, 1.807) is 0 Å². The van der Waals surface area contributed by atoms with Crippen molar-refractivity contribution in [2.45, 2.75) is 13.8 Å². The van der Waals surface area contributed by atoms with E-state index in [2.05, 4.69) is 77.6 Å². The van der Waals surface area contributed by atoms with E-state index in [0.29, 0.717) is 0 Å². The van der Waals surface area contributed by atoms with Crippen molar-refractivity contribution in [3.63, 3.8) is 0 Å². The summed E-state index contributed by atoms with van der Waals surface area (Å²) in [7, 11) is 0. The Labute approximate surface area is 172 Å². The predicted molar refractivity (Wildman–Crippen MR) is 122 cm³/mol. The maximum Gasteiger partial charge on any atom is 0.223 e. The molecule has 2 heterocycles. The van der Waals surface area contributed by atoms with E-state index in [1.807, 2.05) is 24.3 Å². The first-order chi connectivity index (χ1) is 13.7. The van der Waals surface area contributed by atoms with Gasteiger partial charge in [-0.05, 0) is 49.2 Å². The molecule has 28 heavy (non-hydrogen) atoms. The summed E-state index contributed by atoms with van der Waals surface area (Å²) in [5.41, 5.74) is 5.08. The van der Waals surface area contributed by atoms with Gasteiger partial charge in [0.25, 0.3) is 0 Å². The Kier molecular flexibility index (Phi) is 4.15.